The third-order valence-corrected chi connectivity index (χ3v) is 7.90. The SMILES string of the molecule is COc1ccc(N=NC2C(=O)N(c3c(Cl)cc(Cl)cc3Cl)N=C2NC(=O)c2cccc(NC(=O)C(C)Oc3ccc(C)cc3C)c2)cc1. The number of amides is 3. The molecule has 0 saturated carbocycles. The number of nitrogens with zero attached hydrogens (tertiary/aromatic N) is 4. The lowest BCUT2D eigenvalue weighted by Crippen LogP contribution is -2.39. The predicted molar refractivity (Wildman–Crippen MR) is 186 cm³/mol. The Bertz CT molecular complexity index is 1930. The van der Waals surface area contributed by atoms with Crippen molar-refractivity contribution in [2.45, 2.75) is 32.9 Å². The quantitative estimate of drug-likeness (QED) is 0.171. The van der Waals surface area contributed by atoms with E-state index in [1.165, 1.54) is 31.4 Å². The van der Waals surface area contributed by atoms with Crippen LogP contribution < -0.4 is 25.1 Å². The van der Waals surface area contributed by atoms with Crippen LogP contribution in [-0.2, 0) is 9.59 Å². The average Bonchev–Trinajstić information content (AvgIpc) is 3.34. The molecule has 4 aromatic rings. The zero-order valence-electron chi connectivity index (χ0n) is 26.1. The van der Waals surface area contributed by atoms with Crippen LogP contribution in [0.2, 0.25) is 15.1 Å². The van der Waals surface area contributed by atoms with Crippen LogP contribution in [0.5, 0.6) is 11.5 Å². The van der Waals surface area contributed by atoms with Gasteiger partial charge in [-0.15, -0.1) is 5.10 Å². The molecule has 4 aromatic carbocycles. The van der Waals surface area contributed by atoms with Gasteiger partial charge in [0, 0.05) is 16.3 Å². The second kappa shape index (κ2) is 14.8. The minimum atomic E-state index is -1.36. The Kier molecular flexibility index (Phi) is 10.6. The number of methoxy groups -OCH3 is 1. The number of azo groups is 1. The second-order valence-electron chi connectivity index (χ2n) is 10.7. The first-order valence-corrected chi connectivity index (χ1v) is 15.6. The van der Waals surface area contributed by atoms with Gasteiger partial charge in [0.05, 0.1) is 22.8 Å². The molecule has 2 N–H and O–H groups in total. The third-order valence-electron chi connectivity index (χ3n) is 7.10. The van der Waals surface area contributed by atoms with Gasteiger partial charge < -0.3 is 20.1 Å². The highest BCUT2D eigenvalue weighted by molar-refractivity contribution is 6.43. The fourth-order valence-corrected chi connectivity index (χ4v) is 5.64. The van der Waals surface area contributed by atoms with E-state index >= 15 is 0 Å². The van der Waals surface area contributed by atoms with Crippen LogP contribution in [-0.4, -0.2) is 42.8 Å². The summed E-state index contributed by atoms with van der Waals surface area (Å²) in [7, 11) is 1.53. The molecule has 0 saturated heterocycles. The van der Waals surface area contributed by atoms with Gasteiger partial charge in [-0.05, 0) is 87.0 Å². The van der Waals surface area contributed by atoms with E-state index < -0.39 is 29.9 Å². The Balaban J connectivity index is 1.36. The first-order valence-electron chi connectivity index (χ1n) is 14.5. The minimum Gasteiger partial charge on any atom is -0.497 e. The number of hydrazone groups is 1. The lowest BCUT2D eigenvalue weighted by molar-refractivity contribution is -0.122. The van der Waals surface area contributed by atoms with Gasteiger partial charge in [0.15, 0.2) is 11.9 Å². The van der Waals surface area contributed by atoms with E-state index in [-0.39, 0.29) is 32.2 Å². The van der Waals surface area contributed by atoms with Crippen molar-refractivity contribution in [1.82, 2.24) is 5.32 Å². The van der Waals surface area contributed by atoms with Gasteiger partial charge in [-0.2, -0.15) is 15.2 Å². The van der Waals surface area contributed by atoms with Gasteiger partial charge in [-0.3, -0.25) is 14.4 Å². The monoisotopic (exact) mass is 706 g/mol. The highest BCUT2D eigenvalue weighted by Gasteiger charge is 2.40. The molecular formula is C34H29Cl3N6O5. The van der Waals surface area contributed by atoms with Crippen LogP contribution in [0.3, 0.4) is 0 Å². The number of rotatable bonds is 9. The zero-order chi connectivity index (χ0) is 34.5. The number of nitrogens with one attached hydrogen (secondary N) is 2. The molecule has 2 unspecified atom stereocenters. The summed E-state index contributed by atoms with van der Waals surface area (Å²) in [6, 6.07) is 20.1. The number of anilines is 2. The Hall–Kier alpha value is -4.97. The molecule has 0 aliphatic carbocycles. The summed E-state index contributed by atoms with van der Waals surface area (Å²) in [6.45, 7) is 5.51. The van der Waals surface area contributed by atoms with Crippen LogP contribution >= 0.6 is 34.8 Å². The van der Waals surface area contributed by atoms with E-state index in [1.807, 2.05) is 32.0 Å². The van der Waals surface area contributed by atoms with Gasteiger partial charge >= 0.3 is 0 Å². The van der Waals surface area contributed by atoms with Crippen molar-refractivity contribution in [1.29, 1.82) is 0 Å². The molecule has 1 aliphatic heterocycles. The Morgan fingerprint density at radius 3 is 2.31 bits per heavy atom. The first kappa shape index (κ1) is 34.4. The Morgan fingerprint density at radius 2 is 1.65 bits per heavy atom. The molecule has 0 bridgehead atoms. The summed E-state index contributed by atoms with van der Waals surface area (Å²) in [5, 5.41) is 19.4. The number of amidine groups is 1. The number of halogens is 3. The lowest BCUT2D eigenvalue weighted by atomic mass is 10.1. The molecule has 11 nitrogen and oxygen atoms in total. The maximum atomic E-state index is 13.6. The smallest absolute Gasteiger partial charge is 0.282 e. The van der Waals surface area contributed by atoms with Crippen LogP contribution in [0.1, 0.15) is 28.4 Å². The summed E-state index contributed by atoms with van der Waals surface area (Å²) >= 11 is 18.8. The molecule has 1 aliphatic rings. The zero-order valence-corrected chi connectivity index (χ0v) is 28.4. The largest absolute Gasteiger partial charge is 0.497 e. The van der Waals surface area contributed by atoms with Crippen molar-refractivity contribution < 1.29 is 23.9 Å². The predicted octanol–water partition coefficient (Wildman–Crippen LogP) is 7.92. The standard InChI is InChI=1S/C34H29Cl3N6O5/c1-18-8-13-28(19(2)14-18)48-20(3)32(44)38-24-7-5-6-21(15-24)33(45)39-31-29(41-40-23-9-11-25(47-4)12-10-23)34(46)43(42-31)30-26(36)16-22(35)17-27(30)37/h5-17,20,29H,1-4H3,(H,38,44)(H,39,42,45). The van der Waals surface area contributed by atoms with Crippen molar-refractivity contribution in [2.75, 3.05) is 17.4 Å². The third kappa shape index (κ3) is 7.93. The normalized spacial score (nSPS) is 14.9. The molecule has 2 atom stereocenters. The number of carbonyl (C=O) groups is 3. The van der Waals surface area contributed by atoms with E-state index in [1.54, 1.807) is 43.3 Å². The van der Waals surface area contributed by atoms with Crippen molar-refractivity contribution >= 4 is 75.4 Å². The van der Waals surface area contributed by atoms with Crippen molar-refractivity contribution in [3.63, 3.8) is 0 Å². The molecule has 0 radical (unpaired) electrons. The Morgan fingerprint density at radius 1 is 0.938 bits per heavy atom. The van der Waals surface area contributed by atoms with Crippen LogP contribution in [0.25, 0.3) is 0 Å². The van der Waals surface area contributed by atoms with Gasteiger partial charge in [0.25, 0.3) is 17.7 Å². The highest BCUT2D eigenvalue weighted by Crippen LogP contribution is 2.39. The minimum absolute atomic E-state index is 0.0576. The molecule has 5 rings (SSSR count). The molecule has 0 spiro atoms. The van der Waals surface area contributed by atoms with Gasteiger partial charge in [-0.1, -0.05) is 58.6 Å². The van der Waals surface area contributed by atoms with E-state index in [9.17, 15) is 14.4 Å². The van der Waals surface area contributed by atoms with Gasteiger partial charge in [0.1, 0.15) is 17.2 Å². The van der Waals surface area contributed by atoms with E-state index in [0.29, 0.717) is 22.9 Å². The number of carbonyl (C=O) groups excluding carboxylic acids is 3. The number of ether oxygens (including phenoxy) is 2. The lowest BCUT2D eigenvalue weighted by Gasteiger charge is -2.17. The second-order valence-corrected chi connectivity index (χ2v) is 12.0. The van der Waals surface area contributed by atoms with Crippen LogP contribution in [0, 0.1) is 13.8 Å². The number of aryl methyl sites for hydroxylation is 2. The first-order chi connectivity index (χ1) is 22.9. The van der Waals surface area contributed by atoms with Crippen LogP contribution in [0.15, 0.2) is 94.2 Å². The van der Waals surface area contributed by atoms with E-state index in [4.69, 9.17) is 44.3 Å². The maximum Gasteiger partial charge on any atom is 0.282 e. The van der Waals surface area contributed by atoms with Gasteiger partial charge in [-0.25, -0.2) is 0 Å². The topological polar surface area (TPSA) is 134 Å². The summed E-state index contributed by atoms with van der Waals surface area (Å²) in [5.74, 6) is -0.638. The van der Waals surface area contributed by atoms with Gasteiger partial charge in [0.2, 0.25) is 6.04 Å². The summed E-state index contributed by atoms with van der Waals surface area (Å²) < 4.78 is 11.0. The molecular weight excluding hydrogens is 679 g/mol. The molecule has 48 heavy (non-hydrogen) atoms. The number of hydrogen-bond donors (Lipinski definition) is 2. The molecule has 0 fully saturated rings. The van der Waals surface area contributed by atoms with Crippen molar-refractivity contribution in [3.05, 3.63) is 111 Å². The molecule has 1 heterocycles. The van der Waals surface area contributed by atoms with Crippen molar-refractivity contribution in [2.24, 2.45) is 15.3 Å². The molecule has 0 aromatic heterocycles. The molecule has 246 valence electrons. The van der Waals surface area contributed by atoms with Crippen LogP contribution in [0.4, 0.5) is 17.1 Å². The number of hydrogen-bond acceptors (Lipinski definition) is 8. The maximum absolute atomic E-state index is 13.6. The Labute approximate surface area is 291 Å². The molecule has 14 heteroatoms. The summed E-state index contributed by atoms with van der Waals surface area (Å²) in [6.07, 6.45) is -0.822. The van der Waals surface area contributed by atoms with Crippen molar-refractivity contribution in [3.8, 4) is 11.5 Å². The molecule has 3 amide bonds. The van der Waals surface area contributed by atoms with E-state index in [2.05, 4.69) is 26.0 Å². The highest BCUT2D eigenvalue weighted by atomic mass is 35.5. The number of benzene rings is 4. The summed E-state index contributed by atoms with van der Waals surface area (Å²) in [5.41, 5.74) is 2.99. The average molecular weight is 708 g/mol. The van der Waals surface area contributed by atoms with E-state index in [0.717, 1.165) is 16.1 Å². The fourth-order valence-electron chi connectivity index (χ4n) is 4.66. The summed E-state index contributed by atoms with van der Waals surface area (Å²) in [4.78, 5) is 40.1. The fraction of sp³-hybridized carbons (Fsp3) is 0.176.